The molecule has 1 amide bonds. The summed E-state index contributed by atoms with van der Waals surface area (Å²) in [5.41, 5.74) is 3.56. The Morgan fingerprint density at radius 1 is 1.20 bits per heavy atom. The molecular formula is C13H13NO. The number of nitrogens with zero attached hydrogens (tertiary/aromatic N) is 1. The fourth-order valence-corrected chi connectivity index (χ4v) is 1.67. The number of aryl methyl sites for hydroxylation is 1. The van der Waals surface area contributed by atoms with Crippen molar-refractivity contribution in [1.82, 2.24) is 0 Å². The van der Waals surface area contributed by atoms with Gasteiger partial charge in [-0.1, -0.05) is 30.9 Å². The van der Waals surface area contributed by atoms with Gasteiger partial charge in [0, 0.05) is 11.4 Å². The van der Waals surface area contributed by atoms with E-state index in [2.05, 4.69) is 13.2 Å². The molecule has 1 fully saturated rings. The highest BCUT2D eigenvalue weighted by molar-refractivity contribution is 6.03. The number of hydrogen-bond acceptors (Lipinski definition) is 1. The standard InChI is InChI=1S/C13H13NO/c1-9-4-6-12(7-5-9)14-11(3)10(2)8-13(14)15/h4-7H,2-3,8H2,1H3. The van der Waals surface area contributed by atoms with Gasteiger partial charge in [-0.2, -0.15) is 0 Å². The first-order chi connectivity index (χ1) is 7.09. The van der Waals surface area contributed by atoms with Crippen molar-refractivity contribution < 1.29 is 4.79 Å². The molecule has 0 saturated carbocycles. The Morgan fingerprint density at radius 3 is 2.27 bits per heavy atom. The Hall–Kier alpha value is -1.83. The summed E-state index contributed by atoms with van der Waals surface area (Å²) in [6, 6.07) is 7.82. The minimum atomic E-state index is 0.0499. The van der Waals surface area contributed by atoms with E-state index in [0.29, 0.717) is 12.1 Å². The van der Waals surface area contributed by atoms with E-state index in [9.17, 15) is 4.79 Å². The zero-order valence-electron chi connectivity index (χ0n) is 8.79. The highest BCUT2D eigenvalue weighted by Gasteiger charge is 2.28. The molecule has 2 rings (SSSR count). The van der Waals surface area contributed by atoms with Crippen LogP contribution in [0.2, 0.25) is 0 Å². The molecule has 1 saturated heterocycles. The molecule has 0 aliphatic carbocycles. The van der Waals surface area contributed by atoms with Crippen LogP contribution in [-0.4, -0.2) is 5.91 Å². The minimum absolute atomic E-state index is 0.0499. The SMILES string of the molecule is C=C1CC(=O)N(c2ccc(C)cc2)C1=C. The summed E-state index contributed by atoms with van der Waals surface area (Å²) in [6.07, 6.45) is 0.382. The Balaban J connectivity index is 2.39. The van der Waals surface area contributed by atoms with Crippen LogP contribution in [0.3, 0.4) is 0 Å². The van der Waals surface area contributed by atoms with Crippen LogP contribution in [0.25, 0.3) is 0 Å². The Morgan fingerprint density at radius 2 is 1.80 bits per heavy atom. The Kier molecular flexibility index (Phi) is 2.19. The summed E-state index contributed by atoms with van der Waals surface area (Å²) in [6.45, 7) is 9.71. The molecule has 2 nitrogen and oxygen atoms in total. The molecule has 0 aromatic heterocycles. The predicted molar refractivity (Wildman–Crippen MR) is 61.6 cm³/mol. The van der Waals surface area contributed by atoms with Crippen LogP contribution in [0.5, 0.6) is 0 Å². The maximum absolute atomic E-state index is 11.7. The monoisotopic (exact) mass is 199 g/mol. The zero-order valence-corrected chi connectivity index (χ0v) is 8.79. The van der Waals surface area contributed by atoms with Crippen molar-refractivity contribution in [1.29, 1.82) is 0 Å². The number of anilines is 1. The summed E-state index contributed by atoms with van der Waals surface area (Å²) in [4.78, 5) is 13.3. The first kappa shape index (κ1) is 9.71. The Bertz CT molecular complexity index is 442. The Labute approximate surface area is 89.5 Å². The number of rotatable bonds is 1. The number of benzene rings is 1. The molecule has 1 aromatic carbocycles. The second-order valence-corrected chi connectivity index (χ2v) is 3.79. The third-order valence-electron chi connectivity index (χ3n) is 2.58. The number of amides is 1. The number of hydrogen-bond donors (Lipinski definition) is 0. The van der Waals surface area contributed by atoms with Crippen LogP contribution in [0.4, 0.5) is 5.69 Å². The third kappa shape index (κ3) is 1.59. The van der Waals surface area contributed by atoms with Gasteiger partial charge in [0.15, 0.2) is 0 Å². The van der Waals surface area contributed by atoms with Crippen LogP contribution in [0.1, 0.15) is 12.0 Å². The lowest BCUT2D eigenvalue weighted by atomic mass is 10.2. The van der Waals surface area contributed by atoms with Crippen molar-refractivity contribution in [3.63, 3.8) is 0 Å². The van der Waals surface area contributed by atoms with Gasteiger partial charge in [-0.05, 0) is 24.6 Å². The van der Waals surface area contributed by atoms with E-state index in [1.807, 2.05) is 31.2 Å². The lowest BCUT2D eigenvalue weighted by molar-refractivity contribution is -0.116. The average Bonchev–Trinajstić information content (AvgIpc) is 2.44. The lowest BCUT2D eigenvalue weighted by Gasteiger charge is -2.17. The van der Waals surface area contributed by atoms with Crippen molar-refractivity contribution >= 4 is 11.6 Å². The topological polar surface area (TPSA) is 20.3 Å². The van der Waals surface area contributed by atoms with E-state index in [1.54, 1.807) is 4.90 Å². The van der Waals surface area contributed by atoms with Gasteiger partial charge < -0.3 is 0 Å². The predicted octanol–water partition coefficient (Wildman–Crippen LogP) is 2.80. The van der Waals surface area contributed by atoms with Gasteiger partial charge in [0.2, 0.25) is 5.91 Å². The van der Waals surface area contributed by atoms with Crippen LogP contribution in [-0.2, 0) is 4.79 Å². The van der Waals surface area contributed by atoms with Crippen molar-refractivity contribution in [3.8, 4) is 0 Å². The summed E-state index contributed by atoms with van der Waals surface area (Å²) < 4.78 is 0. The van der Waals surface area contributed by atoms with Gasteiger partial charge in [-0.3, -0.25) is 9.69 Å². The van der Waals surface area contributed by atoms with Crippen molar-refractivity contribution in [2.24, 2.45) is 0 Å². The molecule has 76 valence electrons. The number of carbonyl (C=O) groups excluding carboxylic acids is 1. The third-order valence-corrected chi connectivity index (χ3v) is 2.58. The van der Waals surface area contributed by atoms with Crippen molar-refractivity contribution in [2.45, 2.75) is 13.3 Å². The molecule has 1 aliphatic rings. The molecule has 1 aromatic rings. The van der Waals surface area contributed by atoms with Gasteiger partial charge in [0.25, 0.3) is 0 Å². The minimum Gasteiger partial charge on any atom is -0.281 e. The fraction of sp³-hybridized carbons (Fsp3) is 0.154. The highest BCUT2D eigenvalue weighted by atomic mass is 16.2. The maximum atomic E-state index is 11.7. The highest BCUT2D eigenvalue weighted by Crippen LogP contribution is 2.31. The first-order valence-electron chi connectivity index (χ1n) is 4.86. The largest absolute Gasteiger partial charge is 0.281 e. The molecule has 0 unspecified atom stereocenters. The second kappa shape index (κ2) is 3.39. The van der Waals surface area contributed by atoms with E-state index in [1.165, 1.54) is 5.56 Å². The lowest BCUT2D eigenvalue weighted by Crippen LogP contribution is -2.21. The van der Waals surface area contributed by atoms with Gasteiger partial charge in [-0.15, -0.1) is 0 Å². The summed E-state index contributed by atoms with van der Waals surface area (Å²) in [5.74, 6) is 0.0499. The summed E-state index contributed by atoms with van der Waals surface area (Å²) >= 11 is 0. The number of carbonyl (C=O) groups is 1. The number of allylic oxidation sites excluding steroid dienone is 1. The molecule has 0 N–H and O–H groups in total. The molecule has 1 aliphatic heterocycles. The molecule has 0 atom stereocenters. The van der Waals surface area contributed by atoms with Crippen LogP contribution >= 0.6 is 0 Å². The van der Waals surface area contributed by atoms with E-state index in [4.69, 9.17) is 0 Å². The van der Waals surface area contributed by atoms with Gasteiger partial charge >= 0.3 is 0 Å². The average molecular weight is 199 g/mol. The first-order valence-corrected chi connectivity index (χ1v) is 4.86. The van der Waals surface area contributed by atoms with Crippen molar-refractivity contribution in [3.05, 3.63) is 54.3 Å². The molecule has 15 heavy (non-hydrogen) atoms. The van der Waals surface area contributed by atoms with Gasteiger partial charge in [0.05, 0.1) is 6.42 Å². The van der Waals surface area contributed by atoms with Crippen LogP contribution in [0, 0.1) is 6.92 Å². The van der Waals surface area contributed by atoms with E-state index < -0.39 is 0 Å². The molecule has 0 radical (unpaired) electrons. The smallest absolute Gasteiger partial charge is 0.236 e. The van der Waals surface area contributed by atoms with Gasteiger partial charge in [0.1, 0.15) is 0 Å². The molecular weight excluding hydrogens is 186 g/mol. The fourth-order valence-electron chi connectivity index (χ4n) is 1.67. The van der Waals surface area contributed by atoms with Crippen molar-refractivity contribution in [2.75, 3.05) is 4.90 Å². The van der Waals surface area contributed by atoms with Crippen LogP contribution in [0.15, 0.2) is 48.7 Å². The second-order valence-electron chi connectivity index (χ2n) is 3.79. The normalized spacial score (nSPS) is 16.3. The summed E-state index contributed by atoms with van der Waals surface area (Å²) in [7, 11) is 0. The van der Waals surface area contributed by atoms with Gasteiger partial charge in [-0.25, -0.2) is 0 Å². The zero-order chi connectivity index (χ0) is 11.0. The molecule has 0 spiro atoms. The van der Waals surface area contributed by atoms with E-state index in [-0.39, 0.29) is 5.91 Å². The molecule has 1 heterocycles. The summed E-state index contributed by atoms with van der Waals surface area (Å²) in [5, 5.41) is 0. The van der Waals surface area contributed by atoms with E-state index in [0.717, 1.165) is 11.3 Å². The maximum Gasteiger partial charge on any atom is 0.236 e. The molecule has 0 bridgehead atoms. The quantitative estimate of drug-likeness (QED) is 0.681. The van der Waals surface area contributed by atoms with E-state index >= 15 is 0 Å². The van der Waals surface area contributed by atoms with Crippen LogP contribution < -0.4 is 4.90 Å². The molecule has 2 heteroatoms.